The van der Waals surface area contributed by atoms with Crippen LogP contribution in [0.25, 0.3) is 0 Å². The Morgan fingerprint density at radius 2 is 2.14 bits per heavy atom. The lowest BCUT2D eigenvalue weighted by atomic mass is 10.00. The van der Waals surface area contributed by atoms with Crippen molar-refractivity contribution in [3.8, 4) is 5.75 Å². The first-order valence-corrected chi connectivity index (χ1v) is 4.73. The van der Waals surface area contributed by atoms with Gasteiger partial charge in [0.25, 0.3) is 0 Å². The minimum absolute atomic E-state index is 0.0454. The van der Waals surface area contributed by atoms with Gasteiger partial charge < -0.3 is 4.74 Å². The minimum Gasteiger partial charge on any atom is -0.490 e. The first kappa shape index (κ1) is 9.44. The quantitative estimate of drug-likeness (QED) is 0.622. The van der Waals surface area contributed by atoms with Crippen molar-refractivity contribution in [2.45, 2.75) is 32.8 Å². The van der Waals surface area contributed by atoms with E-state index in [1.807, 2.05) is 6.92 Å². The molecule has 1 heterocycles. The van der Waals surface area contributed by atoms with Crippen LogP contribution in [0, 0.1) is 18.6 Å². The summed E-state index contributed by atoms with van der Waals surface area (Å²) in [5, 5.41) is 0. The molecule has 0 saturated heterocycles. The van der Waals surface area contributed by atoms with Crippen LogP contribution >= 0.6 is 0 Å². The summed E-state index contributed by atoms with van der Waals surface area (Å²) in [6.07, 6.45) is 1.46. The molecular formula is C11H12F2O. The smallest absolute Gasteiger partial charge is 0.135 e. The maximum Gasteiger partial charge on any atom is 0.135 e. The maximum atomic E-state index is 13.6. The lowest BCUT2D eigenvalue weighted by molar-refractivity contribution is 0.188. The second-order valence-corrected chi connectivity index (χ2v) is 3.74. The summed E-state index contributed by atoms with van der Waals surface area (Å²) >= 11 is 0. The van der Waals surface area contributed by atoms with Gasteiger partial charge in [0.1, 0.15) is 17.4 Å². The van der Waals surface area contributed by atoms with Gasteiger partial charge in [-0.05, 0) is 26.7 Å². The van der Waals surface area contributed by atoms with Crippen molar-refractivity contribution in [1.29, 1.82) is 0 Å². The lowest BCUT2D eigenvalue weighted by Crippen LogP contribution is -2.20. The van der Waals surface area contributed by atoms with Crippen molar-refractivity contribution in [3.05, 3.63) is 28.8 Å². The Hall–Kier alpha value is -1.12. The van der Waals surface area contributed by atoms with Gasteiger partial charge in [-0.25, -0.2) is 8.78 Å². The fourth-order valence-corrected chi connectivity index (χ4v) is 1.71. The van der Waals surface area contributed by atoms with E-state index in [1.54, 1.807) is 0 Å². The van der Waals surface area contributed by atoms with E-state index in [9.17, 15) is 8.78 Å². The highest BCUT2D eigenvalue weighted by Crippen LogP contribution is 2.32. The van der Waals surface area contributed by atoms with E-state index < -0.39 is 11.6 Å². The predicted octanol–water partition coefficient (Wildman–Crippen LogP) is 2.99. The molecule has 3 heteroatoms. The Balaban J connectivity index is 2.54. The molecule has 76 valence electrons. The molecule has 1 aromatic carbocycles. The molecule has 1 atom stereocenters. The largest absolute Gasteiger partial charge is 0.490 e. The maximum absolute atomic E-state index is 13.6. The average molecular weight is 198 g/mol. The molecule has 1 aromatic rings. The summed E-state index contributed by atoms with van der Waals surface area (Å²) in [7, 11) is 0. The SMILES string of the molecule is Cc1c(F)cc2c(c1F)CCC(C)O2. The van der Waals surface area contributed by atoms with Gasteiger partial charge in [-0.1, -0.05) is 0 Å². The monoisotopic (exact) mass is 198 g/mol. The van der Waals surface area contributed by atoms with Gasteiger partial charge in [-0.3, -0.25) is 0 Å². The van der Waals surface area contributed by atoms with Gasteiger partial charge in [0, 0.05) is 17.2 Å². The van der Waals surface area contributed by atoms with Crippen molar-refractivity contribution in [1.82, 2.24) is 0 Å². The second-order valence-electron chi connectivity index (χ2n) is 3.74. The topological polar surface area (TPSA) is 9.23 Å². The third kappa shape index (κ3) is 1.37. The van der Waals surface area contributed by atoms with E-state index in [0.29, 0.717) is 17.7 Å². The first-order valence-electron chi connectivity index (χ1n) is 4.73. The van der Waals surface area contributed by atoms with Gasteiger partial charge in [-0.2, -0.15) is 0 Å². The Labute approximate surface area is 81.7 Å². The minimum atomic E-state index is -0.532. The van der Waals surface area contributed by atoms with Crippen LogP contribution in [0.1, 0.15) is 24.5 Å². The number of rotatable bonds is 0. The van der Waals surface area contributed by atoms with E-state index in [4.69, 9.17) is 4.74 Å². The van der Waals surface area contributed by atoms with Gasteiger partial charge in [0.2, 0.25) is 0 Å². The van der Waals surface area contributed by atoms with Crippen LogP contribution in [0.5, 0.6) is 5.75 Å². The summed E-state index contributed by atoms with van der Waals surface area (Å²) in [6, 6.07) is 1.28. The normalized spacial score (nSPS) is 20.1. The Bertz CT molecular complexity index is 374. The summed E-state index contributed by atoms with van der Waals surface area (Å²) in [5.41, 5.74) is 0.601. The fourth-order valence-electron chi connectivity index (χ4n) is 1.71. The highest BCUT2D eigenvalue weighted by Gasteiger charge is 2.22. The Morgan fingerprint density at radius 1 is 1.43 bits per heavy atom. The van der Waals surface area contributed by atoms with E-state index >= 15 is 0 Å². The Morgan fingerprint density at radius 3 is 2.86 bits per heavy atom. The molecule has 1 nitrogen and oxygen atoms in total. The van der Waals surface area contributed by atoms with Crippen LogP contribution in [-0.2, 0) is 6.42 Å². The van der Waals surface area contributed by atoms with Gasteiger partial charge >= 0.3 is 0 Å². The van der Waals surface area contributed by atoms with Crippen molar-refractivity contribution in [2.75, 3.05) is 0 Å². The lowest BCUT2D eigenvalue weighted by Gasteiger charge is -2.24. The van der Waals surface area contributed by atoms with Gasteiger partial charge in [-0.15, -0.1) is 0 Å². The van der Waals surface area contributed by atoms with Crippen LogP contribution in [0.4, 0.5) is 8.78 Å². The van der Waals surface area contributed by atoms with Crippen molar-refractivity contribution in [2.24, 2.45) is 0 Å². The van der Waals surface area contributed by atoms with E-state index in [2.05, 4.69) is 0 Å². The molecule has 0 aliphatic carbocycles. The third-order valence-corrected chi connectivity index (χ3v) is 2.64. The van der Waals surface area contributed by atoms with Crippen molar-refractivity contribution >= 4 is 0 Å². The molecule has 2 rings (SSSR count). The fraction of sp³-hybridized carbons (Fsp3) is 0.455. The van der Waals surface area contributed by atoms with Crippen molar-refractivity contribution in [3.63, 3.8) is 0 Å². The van der Waals surface area contributed by atoms with Crippen LogP contribution in [0.2, 0.25) is 0 Å². The average Bonchev–Trinajstić information content (AvgIpc) is 2.14. The molecule has 1 aliphatic heterocycles. The molecule has 0 aromatic heterocycles. The molecule has 0 spiro atoms. The molecule has 0 bridgehead atoms. The van der Waals surface area contributed by atoms with Crippen LogP contribution < -0.4 is 4.74 Å². The molecule has 0 fully saturated rings. The predicted molar refractivity (Wildman–Crippen MR) is 49.5 cm³/mol. The van der Waals surface area contributed by atoms with Crippen molar-refractivity contribution < 1.29 is 13.5 Å². The van der Waals surface area contributed by atoms with Gasteiger partial charge in [0.15, 0.2) is 0 Å². The summed E-state index contributed by atoms with van der Waals surface area (Å²) in [5.74, 6) is -0.619. The molecule has 1 aliphatic rings. The summed E-state index contributed by atoms with van der Waals surface area (Å²) in [6.45, 7) is 3.35. The van der Waals surface area contributed by atoms with E-state index in [1.165, 1.54) is 13.0 Å². The number of ether oxygens (including phenoxy) is 1. The highest BCUT2D eigenvalue weighted by atomic mass is 19.1. The van der Waals surface area contributed by atoms with E-state index in [0.717, 1.165) is 6.42 Å². The molecule has 0 N–H and O–H groups in total. The Kier molecular flexibility index (Phi) is 2.17. The molecular weight excluding hydrogens is 186 g/mol. The standard InChI is InChI=1S/C11H12F2O/c1-6-3-4-8-10(14-6)5-9(12)7(2)11(8)13/h5-6H,3-4H2,1-2H3. The van der Waals surface area contributed by atoms with Gasteiger partial charge in [0.05, 0.1) is 6.10 Å². The molecule has 1 unspecified atom stereocenters. The molecule has 14 heavy (non-hydrogen) atoms. The molecule has 0 saturated carbocycles. The van der Waals surface area contributed by atoms with E-state index in [-0.39, 0.29) is 11.7 Å². The zero-order valence-corrected chi connectivity index (χ0v) is 8.23. The van der Waals surface area contributed by atoms with Crippen LogP contribution in [0.3, 0.4) is 0 Å². The second kappa shape index (κ2) is 3.23. The number of halogens is 2. The summed E-state index contributed by atoms with van der Waals surface area (Å²) < 4.78 is 32.1. The number of benzene rings is 1. The third-order valence-electron chi connectivity index (χ3n) is 2.64. The first-order chi connectivity index (χ1) is 6.59. The van der Waals surface area contributed by atoms with Crippen LogP contribution in [-0.4, -0.2) is 6.10 Å². The number of fused-ring (bicyclic) bond motifs is 1. The molecule has 0 radical (unpaired) electrons. The highest BCUT2D eigenvalue weighted by molar-refractivity contribution is 5.40. The zero-order chi connectivity index (χ0) is 10.3. The van der Waals surface area contributed by atoms with Crippen LogP contribution in [0.15, 0.2) is 6.07 Å². The number of hydrogen-bond donors (Lipinski definition) is 0. The zero-order valence-electron chi connectivity index (χ0n) is 8.23. The summed E-state index contributed by atoms with van der Waals surface area (Å²) in [4.78, 5) is 0. The number of hydrogen-bond acceptors (Lipinski definition) is 1. The molecule has 0 amide bonds.